The summed E-state index contributed by atoms with van der Waals surface area (Å²) < 4.78 is 0. The fourth-order valence-electron chi connectivity index (χ4n) is 2.91. The first-order valence-corrected chi connectivity index (χ1v) is 6.97. The maximum absolute atomic E-state index is 6.50. The molecule has 17 heavy (non-hydrogen) atoms. The summed E-state index contributed by atoms with van der Waals surface area (Å²) in [7, 11) is 0. The van der Waals surface area contributed by atoms with E-state index in [1.165, 1.54) is 12.8 Å². The zero-order chi connectivity index (χ0) is 12.5. The standard InChI is InChI=1S/C14H19Cl2N/c1-10-3-2-6-14(17,8-10)9-11-4-5-12(15)7-13(11)16/h4-5,7,10H,2-3,6,8-9,17H2,1H3. The van der Waals surface area contributed by atoms with Crippen molar-refractivity contribution in [3.8, 4) is 0 Å². The van der Waals surface area contributed by atoms with Crippen LogP contribution in [0.25, 0.3) is 0 Å². The van der Waals surface area contributed by atoms with Gasteiger partial charge in [0.05, 0.1) is 0 Å². The van der Waals surface area contributed by atoms with Crippen LogP contribution in [0, 0.1) is 5.92 Å². The Morgan fingerprint density at radius 1 is 1.41 bits per heavy atom. The van der Waals surface area contributed by atoms with Crippen LogP contribution >= 0.6 is 23.2 Å². The molecule has 0 radical (unpaired) electrons. The van der Waals surface area contributed by atoms with E-state index in [1.807, 2.05) is 12.1 Å². The molecule has 2 N–H and O–H groups in total. The third-order valence-corrected chi connectivity index (χ3v) is 4.27. The van der Waals surface area contributed by atoms with Crippen LogP contribution in [-0.4, -0.2) is 5.54 Å². The summed E-state index contributed by atoms with van der Waals surface area (Å²) in [5, 5.41) is 1.42. The Morgan fingerprint density at radius 3 is 2.82 bits per heavy atom. The molecular formula is C14H19Cl2N. The molecule has 1 nitrogen and oxygen atoms in total. The summed E-state index contributed by atoms with van der Waals surface area (Å²) in [6.45, 7) is 2.28. The Hall–Kier alpha value is -0.240. The molecule has 2 atom stereocenters. The van der Waals surface area contributed by atoms with E-state index < -0.39 is 0 Å². The van der Waals surface area contributed by atoms with Gasteiger partial charge in [0.2, 0.25) is 0 Å². The third-order valence-electron chi connectivity index (χ3n) is 3.68. The molecule has 1 aliphatic rings. The van der Waals surface area contributed by atoms with Crippen LogP contribution in [0.2, 0.25) is 10.0 Å². The minimum absolute atomic E-state index is 0.0882. The van der Waals surface area contributed by atoms with Crippen LogP contribution in [0.15, 0.2) is 18.2 Å². The summed E-state index contributed by atoms with van der Waals surface area (Å²) in [5.74, 6) is 0.722. The number of hydrogen-bond acceptors (Lipinski definition) is 1. The summed E-state index contributed by atoms with van der Waals surface area (Å²) >= 11 is 12.1. The van der Waals surface area contributed by atoms with Crippen LogP contribution in [-0.2, 0) is 6.42 Å². The minimum Gasteiger partial charge on any atom is -0.325 e. The Balaban J connectivity index is 2.14. The third kappa shape index (κ3) is 3.37. The molecule has 0 aliphatic heterocycles. The van der Waals surface area contributed by atoms with Crippen LogP contribution in [0.5, 0.6) is 0 Å². The summed E-state index contributed by atoms with van der Waals surface area (Å²) in [6.07, 6.45) is 5.56. The predicted molar refractivity (Wildman–Crippen MR) is 74.7 cm³/mol. The highest BCUT2D eigenvalue weighted by molar-refractivity contribution is 6.35. The van der Waals surface area contributed by atoms with Gasteiger partial charge in [-0.3, -0.25) is 0 Å². The average Bonchev–Trinajstić information content (AvgIpc) is 2.22. The monoisotopic (exact) mass is 271 g/mol. The average molecular weight is 272 g/mol. The summed E-state index contributed by atoms with van der Waals surface area (Å²) in [5.41, 5.74) is 7.53. The van der Waals surface area contributed by atoms with Gasteiger partial charge in [0.1, 0.15) is 0 Å². The molecule has 2 unspecified atom stereocenters. The van der Waals surface area contributed by atoms with Gasteiger partial charge in [-0.15, -0.1) is 0 Å². The molecule has 1 aromatic rings. The molecule has 0 saturated heterocycles. The van der Waals surface area contributed by atoms with Gasteiger partial charge in [-0.05, 0) is 42.9 Å². The van der Waals surface area contributed by atoms with Gasteiger partial charge >= 0.3 is 0 Å². The van der Waals surface area contributed by atoms with Crippen molar-refractivity contribution in [2.75, 3.05) is 0 Å². The first-order chi connectivity index (χ1) is 7.98. The molecule has 0 aromatic heterocycles. The van der Waals surface area contributed by atoms with Crippen molar-refractivity contribution < 1.29 is 0 Å². The molecule has 2 rings (SSSR count). The van der Waals surface area contributed by atoms with E-state index in [0.29, 0.717) is 5.02 Å². The predicted octanol–water partition coefficient (Wildman–Crippen LogP) is 4.44. The van der Waals surface area contributed by atoms with E-state index in [4.69, 9.17) is 28.9 Å². The molecule has 0 spiro atoms. The lowest BCUT2D eigenvalue weighted by molar-refractivity contribution is 0.235. The lowest BCUT2D eigenvalue weighted by Gasteiger charge is -2.37. The molecule has 1 fully saturated rings. The second kappa shape index (κ2) is 5.17. The Morgan fingerprint density at radius 2 is 2.18 bits per heavy atom. The first-order valence-electron chi connectivity index (χ1n) is 6.21. The molecule has 0 heterocycles. The highest BCUT2D eigenvalue weighted by Crippen LogP contribution is 2.34. The molecule has 3 heteroatoms. The number of nitrogens with two attached hydrogens (primary N) is 1. The lowest BCUT2D eigenvalue weighted by Crippen LogP contribution is -2.45. The van der Waals surface area contributed by atoms with Crippen LogP contribution in [0.1, 0.15) is 38.2 Å². The summed E-state index contributed by atoms with van der Waals surface area (Å²) in [4.78, 5) is 0. The normalized spacial score (nSPS) is 29.3. The zero-order valence-corrected chi connectivity index (χ0v) is 11.7. The highest BCUT2D eigenvalue weighted by atomic mass is 35.5. The fourth-order valence-corrected chi connectivity index (χ4v) is 3.38. The van der Waals surface area contributed by atoms with Crippen molar-refractivity contribution >= 4 is 23.2 Å². The Labute approximate surface area is 113 Å². The van der Waals surface area contributed by atoms with Gasteiger partial charge in [-0.2, -0.15) is 0 Å². The maximum Gasteiger partial charge on any atom is 0.0453 e. The van der Waals surface area contributed by atoms with E-state index in [0.717, 1.165) is 35.8 Å². The van der Waals surface area contributed by atoms with E-state index in [2.05, 4.69) is 6.92 Å². The lowest BCUT2D eigenvalue weighted by atomic mass is 9.74. The van der Waals surface area contributed by atoms with Crippen LogP contribution < -0.4 is 5.73 Å². The highest BCUT2D eigenvalue weighted by Gasteiger charge is 2.31. The van der Waals surface area contributed by atoms with Crippen molar-refractivity contribution in [1.82, 2.24) is 0 Å². The summed E-state index contributed by atoms with van der Waals surface area (Å²) in [6, 6.07) is 5.69. The second-order valence-electron chi connectivity index (χ2n) is 5.48. The number of rotatable bonds is 2. The molecule has 0 bridgehead atoms. The fraction of sp³-hybridized carbons (Fsp3) is 0.571. The van der Waals surface area contributed by atoms with Crippen molar-refractivity contribution in [2.45, 2.75) is 44.6 Å². The number of benzene rings is 1. The molecule has 1 aromatic carbocycles. The van der Waals surface area contributed by atoms with Crippen molar-refractivity contribution in [2.24, 2.45) is 11.7 Å². The van der Waals surface area contributed by atoms with Crippen molar-refractivity contribution in [1.29, 1.82) is 0 Å². The molecule has 0 amide bonds. The van der Waals surface area contributed by atoms with Gasteiger partial charge in [-0.1, -0.05) is 49.0 Å². The number of halogens is 2. The van der Waals surface area contributed by atoms with Gasteiger partial charge < -0.3 is 5.73 Å². The van der Waals surface area contributed by atoms with Crippen LogP contribution in [0.3, 0.4) is 0 Å². The van der Waals surface area contributed by atoms with Crippen LogP contribution in [0.4, 0.5) is 0 Å². The van der Waals surface area contributed by atoms with E-state index in [-0.39, 0.29) is 5.54 Å². The van der Waals surface area contributed by atoms with Crippen molar-refractivity contribution in [3.05, 3.63) is 33.8 Å². The van der Waals surface area contributed by atoms with Gasteiger partial charge in [-0.25, -0.2) is 0 Å². The molecule has 1 aliphatic carbocycles. The van der Waals surface area contributed by atoms with Gasteiger partial charge in [0.15, 0.2) is 0 Å². The largest absolute Gasteiger partial charge is 0.325 e. The zero-order valence-electron chi connectivity index (χ0n) is 10.2. The van der Waals surface area contributed by atoms with E-state index in [9.17, 15) is 0 Å². The Kier molecular flexibility index (Phi) is 4.02. The number of hydrogen-bond donors (Lipinski definition) is 1. The van der Waals surface area contributed by atoms with E-state index >= 15 is 0 Å². The SMILES string of the molecule is CC1CCCC(N)(Cc2ccc(Cl)cc2Cl)C1. The van der Waals surface area contributed by atoms with Gasteiger partial charge in [0.25, 0.3) is 0 Å². The topological polar surface area (TPSA) is 26.0 Å². The quantitative estimate of drug-likeness (QED) is 0.846. The smallest absolute Gasteiger partial charge is 0.0453 e. The molecule has 1 saturated carbocycles. The Bertz CT molecular complexity index is 405. The molecule has 94 valence electrons. The van der Waals surface area contributed by atoms with E-state index in [1.54, 1.807) is 6.07 Å². The second-order valence-corrected chi connectivity index (χ2v) is 6.32. The maximum atomic E-state index is 6.50. The first kappa shape index (κ1) is 13.2. The van der Waals surface area contributed by atoms with Gasteiger partial charge in [0, 0.05) is 15.6 Å². The minimum atomic E-state index is -0.0882. The van der Waals surface area contributed by atoms with Crippen molar-refractivity contribution in [3.63, 3.8) is 0 Å². The molecular weight excluding hydrogens is 253 g/mol.